The van der Waals surface area contributed by atoms with Crippen molar-refractivity contribution in [3.63, 3.8) is 0 Å². The highest BCUT2D eigenvalue weighted by atomic mass is 16.3. The predicted molar refractivity (Wildman–Crippen MR) is 225 cm³/mol. The van der Waals surface area contributed by atoms with E-state index in [4.69, 9.17) is 9.40 Å². The summed E-state index contributed by atoms with van der Waals surface area (Å²) in [6.07, 6.45) is 0. The van der Waals surface area contributed by atoms with Gasteiger partial charge in [0.1, 0.15) is 17.0 Å². The molecule has 0 N–H and O–H groups in total. The lowest BCUT2D eigenvalue weighted by atomic mass is 9.70. The minimum atomic E-state index is -0.588. The summed E-state index contributed by atoms with van der Waals surface area (Å²) < 4.78 is 8.92. The third-order valence-electron chi connectivity index (χ3n) is 12.1. The summed E-state index contributed by atoms with van der Waals surface area (Å²) in [6, 6.07) is 63.6. The van der Waals surface area contributed by atoms with E-state index >= 15 is 0 Å². The van der Waals surface area contributed by atoms with Gasteiger partial charge in [0.15, 0.2) is 0 Å². The summed E-state index contributed by atoms with van der Waals surface area (Å²) in [4.78, 5) is 5.23. The van der Waals surface area contributed by atoms with Crippen molar-refractivity contribution in [2.24, 2.45) is 0 Å². The smallest absolute Gasteiger partial charge is 0.145 e. The second-order valence-electron chi connectivity index (χ2n) is 14.9. The number of hydrogen-bond acceptors (Lipinski definition) is 4. The Morgan fingerprint density at radius 2 is 1.16 bits per heavy atom. The quantitative estimate of drug-likeness (QED) is 0.182. The summed E-state index contributed by atoms with van der Waals surface area (Å²) in [5.41, 5.74) is 17.5. The average molecular weight is 725 g/mol. The van der Waals surface area contributed by atoms with E-state index in [2.05, 4.69) is 138 Å². The molecule has 0 aliphatic heterocycles. The highest BCUT2D eigenvalue weighted by Gasteiger charge is 2.52. The molecule has 12 rings (SSSR count). The predicted octanol–water partition coefficient (Wildman–Crippen LogP) is 12.3. The highest BCUT2D eigenvalue weighted by molar-refractivity contribution is 6.20. The molecule has 0 saturated carbocycles. The number of furan rings is 1. The van der Waals surface area contributed by atoms with E-state index < -0.39 is 5.41 Å². The molecular weight excluding hydrogens is 697 g/mol. The number of aromatic nitrogens is 2. The number of nitriles is 2. The van der Waals surface area contributed by atoms with Crippen LogP contribution in [0.2, 0.25) is 0 Å². The Bertz CT molecular complexity index is 3430. The second kappa shape index (κ2) is 11.5. The third-order valence-corrected chi connectivity index (χ3v) is 12.1. The summed E-state index contributed by atoms with van der Waals surface area (Å²) in [6.45, 7) is 0. The lowest BCUT2D eigenvalue weighted by Crippen LogP contribution is -2.25. The van der Waals surface area contributed by atoms with Crippen LogP contribution in [-0.4, -0.2) is 9.55 Å². The van der Waals surface area contributed by atoms with Crippen molar-refractivity contribution in [1.29, 1.82) is 10.5 Å². The van der Waals surface area contributed by atoms with Crippen molar-refractivity contribution in [3.8, 4) is 62.6 Å². The number of fused-ring (bicyclic) bond motifs is 15. The van der Waals surface area contributed by atoms with Crippen LogP contribution in [0.25, 0.3) is 83.4 Å². The Morgan fingerprint density at radius 1 is 0.491 bits per heavy atom. The van der Waals surface area contributed by atoms with Gasteiger partial charge in [0.25, 0.3) is 0 Å². The first kappa shape index (κ1) is 31.4. The van der Waals surface area contributed by atoms with Gasteiger partial charge in [-0.2, -0.15) is 10.5 Å². The highest BCUT2D eigenvalue weighted by Crippen LogP contribution is 2.64. The Hall–Kier alpha value is -7.99. The van der Waals surface area contributed by atoms with Crippen LogP contribution in [0.5, 0.6) is 0 Å². The molecule has 0 saturated heterocycles. The van der Waals surface area contributed by atoms with Gasteiger partial charge in [0.2, 0.25) is 0 Å². The van der Waals surface area contributed by atoms with Gasteiger partial charge >= 0.3 is 0 Å². The summed E-state index contributed by atoms with van der Waals surface area (Å²) in [7, 11) is 0. The number of hydrogen-bond donors (Lipinski definition) is 0. The first-order chi connectivity index (χ1) is 28.2. The van der Waals surface area contributed by atoms with Gasteiger partial charge in [-0.1, -0.05) is 109 Å². The molecule has 5 heteroatoms. The maximum atomic E-state index is 10.1. The molecule has 2 aliphatic rings. The van der Waals surface area contributed by atoms with Gasteiger partial charge in [-0.25, -0.2) is 4.98 Å². The van der Waals surface area contributed by atoms with Crippen LogP contribution in [0, 0.1) is 22.7 Å². The van der Waals surface area contributed by atoms with E-state index in [0.29, 0.717) is 16.7 Å². The standard InChI is InChI=1S/C52H28N4O/c53-29-31-18-20-33(21-19-31)38-26-32(30-54)27-47-49(38)50-46(57-47)25-24-43-48(50)37-13-5-7-15-41(37)52(43)40-14-6-4-12-36(40)39-28-34(22-23-42(39)52)51-55-44-16-8-9-17-45(44)56(51)35-10-2-1-3-11-35/h1-28H. The third kappa shape index (κ3) is 4.12. The Balaban J connectivity index is 1.16. The molecule has 57 heavy (non-hydrogen) atoms. The minimum Gasteiger partial charge on any atom is -0.456 e. The van der Waals surface area contributed by atoms with Crippen LogP contribution in [0.1, 0.15) is 33.4 Å². The summed E-state index contributed by atoms with van der Waals surface area (Å²) in [5.74, 6) is 0.898. The van der Waals surface area contributed by atoms with Crippen molar-refractivity contribution >= 4 is 33.0 Å². The monoisotopic (exact) mass is 724 g/mol. The molecule has 1 atom stereocenters. The van der Waals surface area contributed by atoms with Crippen molar-refractivity contribution in [2.45, 2.75) is 5.41 Å². The molecular formula is C52H28N4O. The number of rotatable bonds is 3. The van der Waals surface area contributed by atoms with Crippen LogP contribution in [0.4, 0.5) is 0 Å². The molecule has 1 unspecified atom stereocenters. The second-order valence-corrected chi connectivity index (χ2v) is 14.9. The maximum absolute atomic E-state index is 10.1. The van der Waals surface area contributed by atoms with Crippen LogP contribution >= 0.6 is 0 Å². The lowest BCUT2D eigenvalue weighted by molar-refractivity contribution is 0.668. The molecule has 0 bridgehead atoms. The fraction of sp³-hybridized carbons (Fsp3) is 0.0192. The van der Waals surface area contributed by atoms with Crippen molar-refractivity contribution in [2.75, 3.05) is 0 Å². The van der Waals surface area contributed by atoms with Crippen molar-refractivity contribution < 1.29 is 4.42 Å². The van der Waals surface area contributed by atoms with Crippen LogP contribution in [-0.2, 0) is 5.41 Å². The van der Waals surface area contributed by atoms with E-state index in [1.807, 2.05) is 48.5 Å². The van der Waals surface area contributed by atoms with Gasteiger partial charge in [-0.15, -0.1) is 0 Å². The first-order valence-corrected chi connectivity index (χ1v) is 19.0. The van der Waals surface area contributed by atoms with E-state index in [1.165, 1.54) is 33.4 Å². The number of para-hydroxylation sites is 3. The Morgan fingerprint density at radius 3 is 1.96 bits per heavy atom. The molecule has 0 fully saturated rings. The molecule has 10 aromatic rings. The van der Waals surface area contributed by atoms with Crippen LogP contribution in [0.3, 0.4) is 0 Å². The molecule has 2 aromatic heterocycles. The molecule has 5 nitrogen and oxygen atoms in total. The maximum Gasteiger partial charge on any atom is 0.145 e. The van der Waals surface area contributed by atoms with Crippen molar-refractivity contribution in [1.82, 2.24) is 9.55 Å². The molecule has 1 spiro atoms. The molecule has 0 amide bonds. The molecule has 2 aliphatic carbocycles. The van der Waals surface area contributed by atoms with Gasteiger partial charge in [-0.3, -0.25) is 4.57 Å². The van der Waals surface area contributed by atoms with E-state index in [9.17, 15) is 10.5 Å². The Kier molecular flexibility index (Phi) is 6.33. The summed E-state index contributed by atoms with van der Waals surface area (Å²) in [5, 5.41) is 21.6. The van der Waals surface area contributed by atoms with E-state index in [-0.39, 0.29) is 0 Å². The zero-order valence-corrected chi connectivity index (χ0v) is 30.4. The van der Waals surface area contributed by atoms with E-state index in [0.717, 1.165) is 66.7 Å². The van der Waals surface area contributed by atoms with Gasteiger partial charge < -0.3 is 4.42 Å². The average Bonchev–Trinajstić information content (AvgIpc) is 4.01. The van der Waals surface area contributed by atoms with Crippen LogP contribution in [0.15, 0.2) is 174 Å². The zero-order chi connectivity index (χ0) is 37.8. The number of benzene rings is 8. The molecule has 0 radical (unpaired) electrons. The van der Waals surface area contributed by atoms with Crippen LogP contribution < -0.4 is 0 Å². The topological polar surface area (TPSA) is 78.5 Å². The van der Waals surface area contributed by atoms with Gasteiger partial charge in [0.05, 0.1) is 39.7 Å². The van der Waals surface area contributed by atoms with Crippen molar-refractivity contribution in [3.05, 3.63) is 203 Å². The number of nitrogens with zero attached hydrogens (tertiary/aromatic N) is 4. The fourth-order valence-corrected chi connectivity index (χ4v) is 9.83. The van der Waals surface area contributed by atoms with E-state index in [1.54, 1.807) is 0 Å². The first-order valence-electron chi connectivity index (χ1n) is 19.0. The zero-order valence-electron chi connectivity index (χ0n) is 30.4. The molecule has 8 aromatic carbocycles. The lowest BCUT2D eigenvalue weighted by Gasteiger charge is -2.30. The normalized spacial score (nSPS) is 14.7. The SMILES string of the molecule is N#Cc1ccc(-c2cc(C#N)cc3oc4ccc5c(c4c23)-c2ccccc2C52c3ccccc3-c3cc(-c4nc5ccccc5n4-c4ccccc4)ccc32)cc1. The van der Waals surface area contributed by atoms with Gasteiger partial charge in [-0.05, 0) is 116 Å². The molecule has 262 valence electrons. The minimum absolute atomic E-state index is 0.518. The number of imidazole rings is 1. The van der Waals surface area contributed by atoms with Gasteiger partial charge in [0, 0.05) is 22.0 Å². The molecule has 2 heterocycles. The Labute approximate surface area is 327 Å². The fourth-order valence-electron chi connectivity index (χ4n) is 9.83. The largest absolute Gasteiger partial charge is 0.456 e. The summed E-state index contributed by atoms with van der Waals surface area (Å²) >= 11 is 0.